The maximum absolute atomic E-state index is 13.9. The zero-order valence-corrected chi connectivity index (χ0v) is 11.5. The van der Waals surface area contributed by atoms with Gasteiger partial charge in [-0.25, -0.2) is 4.39 Å². The smallest absolute Gasteiger partial charge is 0.426 e. The van der Waals surface area contributed by atoms with Gasteiger partial charge in [-0.2, -0.15) is 14.0 Å². The van der Waals surface area contributed by atoms with E-state index in [9.17, 15) is 13.2 Å². The fraction of sp³-hybridized carbons (Fsp3) is 0.0714. The lowest BCUT2D eigenvalue weighted by Gasteiger charge is -2.18. The molecule has 6 heteroatoms. The Morgan fingerprint density at radius 2 is 1.75 bits per heavy atom. The lowest BCUT2D eigenvalue weighted by molar-refractivity contribution is -0.185. The van der Waals surface area contributed by atoms with Gasteiger partial charge in [0.05, 0.1) is 11.1 Å². The number of alkyl halides is 2. The van der Waals surface area contributed by atoms with Crippen molar-refractivity contribution in [2.24, 2.45) is 0 Å². The number of benzene rings is 2. The van der Waals surface area contributed by atoms with E-state index in [2.05, 4.69) is 20.7 Å². The van der Waals surface area contributed by atoms with Crippen LogP contribution in [-0.4, -0.2) is 0 Å². The van der Waals surface area contributed by atoms with E-state index in [0.717, 1.165) is 18.2 Å². The molecule has 2 nitrogen and oxygen atoms in total. The first-order valence-corrected chi connectivity index (χ1v) is 6.24. The van der Waals surface area contributed by atoms with Crippen LogP contribution in [0.15, 0.2) is 46.9 Å². The van der Waals surface area contributed by atoms with E-state index < -0.39 is 11.9 Å². The van der Waals surface area contributed by atoms with Gasteiger partial charge in [-0.3, -0.25) is 0 Å². The van der Waals surface area contributed by atoms with E-state index in [1.807, 2.05) is 0 Å². The minimum Gasteiger partial charge on any atom is -0.429 e. The summed E-state index contributed by atoms with van der Waals surface area (Å²) < 4.78 is 46.2. The molecule has 0 amide bonds. The lowest BCUT2D eigenvalue weighted by atomic mass is 10.2. The average Bonchev–Trinajstić information content (AvgIpc) is 2.39. The summed E-state index contributed by atoms with van der Waals surface area (Å²) in [4.78, 5) is 0. The number of hydrogen-bond acceptors (Lipinski definition) is 2. The number of nitrogens with zero attached hydrogens (tertiary/aromatic N) is 1. The monoisotopic (exact) mass is 341 g/mol. The number of rotatable bonds is 3. The van der Waals surface area contributed by atoms with E-state index in [1.54, 1.807) is 6.07 Å². The van der Waals surface area contributed by atoms with Gasteiger partial charge in [-0.15, -0.1) is 0 Å². The largest absolute Gasteiger partial charge is 0.429 e. The summed E-state index contributed by atoms with van der Waals surface area (Å²) in [5.74, 6) is -1.26. The van der Waals surface area contributed by atoms with Crippen LogP contribution in [0.4, 0.5) is 13.2 Å². The first-order valence-electron chi connectivity index (χ1n) is 5.45. The van der Waals surface area contributed by atoms with Gasteiger partial charge in [0.1, 0.15) is 17.6 Å². The molecule has 0 N–H and O–H groups in total. The van der Waals surface area contributed by atoms with Crippen molar-refractivity contribution in [3.8, 4) is 11.8 Å². The highest BCUT2D eigenvalue weighted by Gasteiger charge is 2.34. The van der Waals surface area contributed by atoms with Crippen LogP contribution in [0.3, 0.4) is 0 Å². The highest BCUT2D eigenvalue weighted by molar-refractivity contribution is 9.10. The van der Waals surface area contributed by atoms with Crippen LogP contribution in [0, 0.1) is 17.1 Å². The first kappa shape index (κ1) is 14.4. The molecule has 0 unspecified atom stereocenters. The minimum absolute atomic E-state index is 0.232. The summed E-state index contributed by atoms with van der Waals surface area (Å²) in [6.07, 6.45) is -3.60. The summed E-state index contributed by atoms with van der Waals surface area (Å²) in [5.41, 5.74) is -0.588. The average molecular weight is 342 g/mol. The first-order chi connectivity index (χ1) is 9.42. The SMILES string of the molecule is N#Cc1ccc(OC(F)(F)c2ccc(Br)cc2)cc1F. The molecule has 0 atom stereocenters. The molecule has 2 aromatic carbocycles. The number of ether oxygens (including phenoxy) is 1. The van der Waals surface area contributed by atoms with Crippen LogP contribution in [0.1, 0.15) is 11.1 Å². The number of nitriles is 1. The Kier molecular flexibility index (Phi) is 4.00. The Hall–Kier alpha value is -2.00. The second kappa shape index (κ2) is 5.55. The summed E-state index contributed by atoms with van der Waals surface area (Å²) in [7, 11) is 0. The third kappa shape index (κ3) is 3.11. The molecule has 0 fully saturated rings. The molecule has 0 saturated carbocycles. The fourth-order valence-electron chi connectivity index (χ4n) is 1.50. The molecular weight excluding hydrogens is 335 g/mol. The van der Waals surface area contributed by atoms with Crippen LogP contribution in [0.2, 0.25) is 0 Å². The molecule has 0 aliphatic carbocycles. The Balaban J connectivity index is 2.26. The quantitative estimate of drug-likeness (QED) is 0.818. The van der Waals surface area contributed by atoms with E-state index in [-0.39, 0.29) is 16.9 Å². The molecule has 0 aliphatic heterocycles. The van der Waals surface area contributed by atoms with Gasteiger partial charge in [0.15, 0.2) is 0 Å². The van der Waals surface area contributed by atoms with Gasteiger partial charge in [-0.05, 0) is 36.4 Å². The fourth-order valence-corrected chi connectivity index (χ4v) is 1.77. The summed E-state index contributed by atoms with van der Waals surface area (Å²) in [5, 5.41) is 8.56. The molecule has 0 radical (unpaired) electrons. The normalized spacial score (nSPS) is 10.9. The van der Waals surface area contributed by atoms with Crippen LogP contribution >= 0.6 is 15.9 Å². The Morgan fingerprint density at radius 3 is 2.30 bits per heavy atom. The topological polar surface area (TPSA) is 33.0 Å². The second-order valence-corrected chi connectivity index (χ2v) is 4.79. The highest BCUT2D eigenvalue weighted by atomic mass is 79.9. The Labute approximate surface area is 121 Å². The van der Waals surface area contributed by atoms with Crippen molar-refractivity contribution in [2.45, 2.75) is 6.11 Å². The maximum atomic E-state index is 13.9. The third-order valence-corrected chi connectivity index (χ3v) is 3.02. The van der Waals surface area contributed by atoms with Crippen LogP contribution in [-0.2, 0) is 6.11 Å². The standard InChI is InChI=1S/C14H7BrF3NO/c15-11-4-2-10(3-5-11)14(17,18)20-12-6-1-9(8-19)13(16)7-12/h1-7H. The van der Waals surface area contributed by atoms with E-state index in [4.69, 9.17) is 5.26 Å². The van der Waals surface area contributed by atoms with Crippen LogP contribution in [0.5, 0.6) is 5.75 Å². The second-order valence-electron chi connectivity index (χ2n) is 3.88. The summed E-state index contributed by atoms with van der Waals surface area (Å²) in [6, 6.07) is 9.86. The molecule has 2 aromatic rings. The number of halogens is 4. The van der Waals surface area contributed by atoms with Crippen molar-refractivity contribution in [1.82, 2.24) is 0 Å². The van der Waals surface area contributed by atoms with E-state index in [1.165, 1.54) is 24.3 Å². The molecule has 0 saturated heterocycles. The van der Waals surface area contributed by atoms with Crippen molar-refractivity contribution in [2.75, 3.05) is 0 Å². The van der Waals surface area contributed by atoms with E-state index >= 15 is 0 Å². The Morgan fingerprint density at radius 1 is 1.10 bits per heavy atom. The zero-order chi connectivity index (χ0) is 14.8. The van der Waals surface area contributed by atoms with Gasteiger partial charge in [0.2, 0.25) is 0 Å². The van der Waals surface area contributed by atoms with Gasteiger partial charge >= 0.3 is 6.11 Å². The molecule has 0 aromatic heterocycles. The van der Waals surface area contributed by atoms with Crippen molar-refractivity contribution < 1.29 is 17.9 Å². The third-order valence-electron chi connectivity index (χ3n) is 2.49. The molecule has 0 heterocycles. The van der Waals surface area contributed by atoms with Crippen LogP contribution < -0.4 is 4.74 Å². The molecular formula is C14H7BrF3NO. The number of hydrogen-bond donors (Lipinski definition) is 0. The zero-order valence-electron chi connectivity index (χ0n) is 9.91. The Bertz CT molecular complexity index is 665. The van der Waals surface area contributed by atoms with Crippen molar-refractivity contribution in [3.05, 3.63) is 63.9 Å². The van der Waals surface area contributed by atoms with Crippen molar-refractivity contribution >= 4 is 15.9 Å². The molecule has 2 rings (SSSR count). The summed E-state index contributed by atoms with van der Waals surface area (Å²) >= 11 is 3.14. The summed E-state index contributed by atoms with van der Waals surface area (Å²) in [6.45, 7) is 0. The van der Waals surface area contributed by atoms with Gasteiger partial charge < -0.3 is 4.74 Å². The molecule has 0 aliphatic rings. The predicted molar refractivity (Wildman–Crippen MR) is 69.8 cm³/mol. The van der Waals surface area contributed by atoms with Gasteiger partial charge in [0.25, 0.3) is 0 Å². The molecule has 0 bridgehead atoms. The highest BCUT2D eigenvalue weighted by Crippen LogP contribution is 2.32. The molecule has 0 spiro atoms. The molecule has 20 heavy (non-hydrogen) atoms. The maximum Gasteiger partial charge on any atom is 0.426 e. The predicted octanol–water partition coefficient (Wildman–Crippen LogP) is 4.59. The van der Waals surface area contributed by atoms with Gasteiger partial charge in [-0.1, -0.05) is 15.9 Å². The molecule has 102 valence electrons. The van der Waals surface area contributed by atoms with Crippen molar-refractivity contribution in [3.63, 3.8) is 0 Å². The van der Waals surface area contributed by atoms with Crippen molar-refractivity contribution in [1.29, 1.82) is 5.26 Å². The lowest BCUT2D eigenvalue weighted by Crippen LogP contribution is -2.21. The minimum atomic E-state index is -3.60. The van der Waals surface area contributed by atoms with E-state index in [0.29, 0.717) is 4.47 Å². The van der Waals surface area contributed by atoms with Gasteiger partial charge in [0, 0.05) is 10.5 Å². The van der Waals surface area contributed by atoms with Crippen LogP contribution in [0.25, 0.3) is 0 Å².